The molecule has 0 saturated carbocycles. The molecule has 2 N–H and O–H groups in total. The van der Waals surface area contributed by atoms with E-state index >= 15 is 0 Å². The van der Waals surface area contributed by atoms with Crippen molar-refractivity contribution in [3.63, 3.8) is 0 Å². The molecule has 1 rings (SSSR count). The molecule has 0 heterocycles. The van der Waals surface area contributed by atoms with Crippen LogP contribution in [0.15, 0.2) is 24.3 Å². The number of amides is 1. The molecule has 18 heavy (non-hydrogen) atoms. The van der Waals surface area contributed by atoms with E-state index in [1.165, 1.54) is 0 Å². The quantitative estimate of drug-likeness (QED) is 0.778. The Morgan fingerprint density at radius 3 is 2.72 bits per heavy atom. The molecule has 1 atom stereocenters. The molecule has 0 aliphatic carbocycles. The van der Waals surface area contributed by atoms with Crippen molar-refractivity contribution in [3.8, 4) is 0 Å². The maximum absolute atomic E-state index is 11.9. The highest BCUT2D eigenvalue weighted by atomic mass is 16.1. The predicted octanol–water partition coefficient (Wildman–Crippen LogP) is 2.50. The molecule has 0 aliphatic heterocycles. The lowest BCUT2D eigenvalue weighted by Crippen LogP contribution is -2.32. The molecular formula is C15H24N2O. The second-order valence-electron chi connectivity index (χ2n) is 4.69. The van der Waals surface area contributed by atoms with Crippen molar-refractivity contribution in [2.75, 3.05) is 13.6 Å². The Balaban J connectivity index is 2.37. The van der Waals surface area contributed by atoms with Gasteiger partial charge in [-0.2, -0.15) is 0 Å². The van der Waals surface area contributed by atoms with Gasteiger partial charge in [0.15, 0.2) is 0 Å². The van der Waals surface area contributed by atoms with Gasteiger partial charge in [0.05, 0.1) is 0 Å². The smallest absolute Gasteiger partial charge is 0.251 e. The maximum atomic E-state index is 11.9. The number of aryl methyl sites for hydroxylation is 1. The van der Waals surface area contributed by atoms with Crippen LogP contribution in [0.4, 0.5) is 0 Å². The first-order valence-electron chi connectivity index (χ1n) is 6.69. The van der Waals surface area contributed by atoms with E-state index in [4.69, 9.17) is 0 Å². The van der Waals surface area contributed by atoms with Crippen molar-refractivity contribution in [1.29, 1.82) is 0 Å². The van der Waals surface area contributed by atoms with Crippen molar-refractivity contribution >= 4 is 5.91 Å². The lowest BCUT2D eigenvalue weighted by molar-refractivity contribution is 0.0952. The summed E-state index contributed by atoms with van der Waals surface area (Å²) in [6.07, 6.45) is 3.29. The molecule has 0 fully saturated rings. The van der Waals surface area contributed by atoms with Crippen molar-refractivity contribution in [2.45, 2.75) is 39.2 Å². The predicted molar refractivity (Wildman–Crippen MR) is 75.9 cm³/mol. The summed E-state index contributed by atoms with van der Waals surface area (Å²) in [6.45, 7) is 4.89. The van der Waals surface area contributed by atoms with E-state index in [2.05, 4.69) is 17.6 Å². The van der Waals surface area contributed by atoms with Crippen LogP contribution in [0.25, 0.3) is 0 Å². The minimum Gasteiger partial charge on any atom is -0.352 e. The molecule has 1 aromatic carbocycles. The highest BCUT2D eigenvalue weighted by Gasteiger charge is 2.07. The highest BCUT2D eigenvalue weighted by molar-refractivity contribution is 5.94. The largest absolute Gasteiger partial charge is 0.352 e. The summed E-state index contributed by atoms with van der Waals surface area (Å²) in [4.78, 5) is 11.9. The Bertz CT molecular complexity index is 377. The van der Waals surface area contributed by atoms with Gasteiger partial charge in [-0.3, -0.25) is 4.79 Å². The van der Waals surface area contributed by atoms with Gasteiger partial charge >= 0.3 is 0 Å². The molecular weight excluding hydrogens is 224 g/mol. The fourth-order valence-electron chi connectivity index (χ4n) is 2.03. The van der Waals surface area contributed by atoms with E-state index in [1.54, 1.807) is 0 Å². The summed E-state index contributed by atoms with van der Waals surface area (Å²) < 4.78 is 0. The molecule has 1 aromatic rings. The molecule has 1 unspecified atom stereocenters. The van der Waals surface area contributed by atoms with Gasteiger partial charge in [-0.05, 0) is 38.9 Å². The van der Waals surface area contributed by atoms with Crippen LogP contribution in [0.2, 0.25) is 0 Å². The zero-order valence-electron chi connectivity index (χ0n) is 11.6. The maximum Gasteiger partial charge on any atom is 0.251 e. The topological polar surface area (TPSA) is 41.1 Å². The van der Waals surface area contributed by atoms with Crippen LogP contribution < -0.4 is 10.6 Å². The van der Waals surface area contributed by atoms with E-state index in [1.807, 2.05) is 38.2 Å². The molecule has 0 radical (unpaired) electrons. The van der Waals surface area contributed by atoms with Crippen molar-refractivity contribution in [1.82, 2.24) is 10.6 Å². The van der Waals surface area contributed by atoms with Gasteiger partial charge in [0.2, 0.25) is 0 Å². The minimum absolute atomic E-state index is 0.0186. The SMILES string of the molecule is CCCC(CCNC(=O)c1cccc(C)c1)NC. The standard InChI is InChI=1S/C15H24N2O/c1-4-6-14(16-3)9-10-17-15(18)13-8-5-7-12(2)11-13/h5,7-8,11,14,16H,4,6,9-10H2,1-3H3,(H,17,18). The first-order valence-corrected chi connectivity index (χ1v) is 6.69. The van der Waals surface area contributed by atoms with Crippen LogP contribution in [-0.2, 0) is 0 Å². The molecule has 0 spiro atoms. The Kier molecular flexibility index (Phi) is 6.44. The zero-order chi connectivity index (χ0) is 13.4. The summed E-state index contributed by atoms with van der Waals surface area (Å²) in [5, 5.41) is 6.24. The molecule has 1 amide bonds. The highest BCUT2D eigenvalue weighted by Crippen LogP contribution is 2.04. The van der Waals surface area contributed by atoms with Gasteiger partial charge in [-0.25, -0.2) is 0 Å². The third-order valence-corrected chi connectivity index (χ3v) is 3.10. The normalized spacial score (nSPS) is 12.2. The van der Waals surface area contributed by atoms with Crippen molar-refractivity contribution in [2.24, 2.45) is 0 Å². The summed E-state index contributed by atoms with van der Waals surface area (Å²) >= 11 is 0. The van der Waals surface area contributed by atoms with E-state index in [-0.39, 0.29) is 5.91 Å². The van der Waals surface area contributed by atoms with Gasteiger partial charge in [0.25, 0.3) is 5.91 Å². The second-order valence-corrected chi connectivity index (χ2v) is 4.69. The van der Waals surface area contributed by atoms with Crippen LogP contribution in [0.1, 0.15) is 42.1 Å². The van der Waals surface area contributed by atoms with Crippen LogP contribution in [0.3, 0.4) is 0 Å². The zero-order valence-corrected chi connectivity index (χ0v) is 11.6. The number of rotatable bonds is 7. The van der Waals surface area contributed by atoms with Gasteiger partial charge in [-0.15, -0.1) is 0 Å². The van der Waals surface area contributed by atoms with Gasteiger partial charge < -0.3 is 10.6 Å². The van der Waals surface area contributed by atoms with Gasteiger partial charge in [0, 0.05) is 18.2 Å². The average molecular weight is 248 g/mol. The molecule has 100 valence electrons. The van der Waals surface area contributed by atoms with E-state index < -0.39 is 0 Å². The summed E-state index contributed by atoms with van der Waals surface area (Å²) in [5.74, 6) is 0.0186. The number of nitrogens with one attached hydrogen (secondary N) is 2. The lowest BCUT2D eigenvalue weighted by Gasteiger charge is -2.15. The fraction of sp³-hybridized carbons (Fsp3) is 0.533. The summed E-state index contributed by atoms with van der Waals surface area (Å²) in [5.41, 5.74) is 1.85. The monoisotopic (exact) mass is 248 g/mol. The Morgan fingerprint density at radius 2 is 2.11 bits per heavy atom. The number of carbonyl (C=O) groups is 1. The van der Waals surface area contributed by atoms with Crippen LogP contribution >= 0.6 is 0 Å². The van der Waals surface area contributed by atoms with Crippen molar-refractivity contribution in [3.05, 3.63) is 35.4 Å². The average Bonchev–Trinajstić information content (AvgIpc) is 2.37. The van der Waals surface area contributed by atoms with E-state index in [9.17, 15) is 4.79 Å². The van der Waals surface area contributed by atoms with Crippen LogP contribution in [-0.4, -0.2) is 25.5 Å². The third-order valence-electron chi connectivity index (χ3n) is 3.10. The van der Waals surface area contributed by atoms with Crippen LogP contribution in [0.5, 0.6) is 0 Å². The molecule has 3 heteroatoms. The Hall–Kier alpha value is -1.35. The molecule has 0 aromatic heterocycles. The Morgan fingerprint density at radius 1 is 1.33 bits per heavy atom. The number of benzene rings is 1. The van der Waals surface area contributed by atoms with E-state index in [0.29, 0.717) is 6.04 Å². The Labute approximate surface area is 110 Å². The van der Waals surface area contributed by atoms with Gasteiger partial charge in [0.1, 0.15) is 0 Å². The number of carbonyl (C=O) groups excluding carboxylic acids is 1. The molecule has 0 bridgehead atoms. The second kappa shape index (κ2) is 7.88. The first-order chi connectivity index (χ1) is 8.67. The summed E-state index contributed by atoms with van der Waals surface area (Å²) in [6, 6.07) is 8.17. The van der Waals surface area contributed by atoms with Crippen molar-refractivity contribution < 1.29 is 4.79 Å². The number of hydrogen-bond donors (Lipinski definition) is 2. The fourth-order valence-corrected chi connectivity index (χ4v) is 2.03. The van der Waals surface area contributed by atoms with Crippen LogP contribution in [0, 0.1) is 6.92 Å². The van der Waals surface area contributed by atoms with Gasteiger partial charge in [-0.1, -0.05) is 31.0 Å². The first kappa shape index (κ1) is 14.7. The molecule has 0 aliphatic rings. The summed E-state index contributed by atoms with van der Waals surface area (Å²) in [7, 11) is 1.97. The molecule has 3 nitrogen and oxygen atoms in total. The lowest BCUT2D eigenvalue weighted by atomic mass is 10.1. The number of hydrogen-bond acceptors (Lipinski definition) is 2. The minimum atomic E-state index is 0.0186. The molecule has 0 saturated heterocycles. The third kappa shape index (κ3) is 4.88. The van der Waals surface area contributed by atoms with E-state index in [0.717, 1.165) is 36.9 Å².